The maximum absolute atomic E-state index is 13.0. The lowest BCUT2D eigenvalue weighted by molar-refractivity contribution is -0.152. The van der Waals surface area contributed by atoms with Gasteiger partial charge >= 0.3 is 11.9 Å². The molecule has 4 atom stereocenters. The number of carbonyl (C=O) groups excluding carboxylic acids is 2. The minimum atomic E-state index is -4.38. The average Bonchev–Trinajstić information content (AvgIpc) is 3.53. The topological polar surface area (TPSA) is 233 Å². The molecule has 0 spiro atoms. The van der Waals surface area contributed by atoms with E-state index in [1.807, 2.05) is 0 Å². The number of aromatic nitrogens is 4. The fourth-order valence-electron chi connectivity index (χ4n) is 3.83. The van der Waals surface area contributed by atoms with Gasteiger partial charge in [0.1, 0.15) is 17.1 Å². The number of hydrogen-bond acceptors (Lipinski definition) is 12. The second kappa shape index (κ2) is 10.8. The van der Waals surface area contributed by atoms with Crippen molar-refractivity contribution in [2.45, 2.75) is 34.2 Å². The van der Waals surface area contributed by atoms with Crippen molar-refractivity contribution in [3.8, 4) is 0 Å². The van der Waals surface area contributed by atoms with Gasteiger partial charge in [-0.25, -0.2) is 4.79 Å². The molecule has 2 aromatic heterocycles. The van der Waals surface area contributed by atoms with Gasteiger partial charge in [-0.15, -0.1) is 33.3 Å². The summed E-state index contributed by atoms with van der Waals surface area (Å²) < 4.78 is 31.9. The molecular formula is C18H18N6O9S4. The number of aliphatic carboxylic acids is 2. The summed E-state index contributed by atoms with van der Waals surface area (Å²) in [6, 6.07) is 1.92. The maximum Gasteiger partial charge on any atom is 0.352 e. The third-order valence-electron chi connectivity index (χ3n) is 5.44. The average molecular weight is 591 g/mol. The highest BCUT2D eigenvalue weighted by molar-refractivity contribution is 8.01. The van der Waals surface area contributed by atoms with Crippen molar-refractivity contribution in [1.82, 2.24) is 30.8 Å². The Hall–Kier alpha value is -3.00. The molecule has 2 aromatic rings. The Labute approximate surface area is 220 Å². The van der Waals surface area contributed by atoms with Crippen molar-refractivity contribution < 1.29 is 42.4 Å². The predicted octanol–water partition coefficient (Wildman–Crippen LogP) is -0.393. The van der Waals surface area contributed by atoms with E-state index in [0.29, 0.717) is 0 Å². The summed E-state index contributed by atoms with van der Waals surface area (Å²) in [6.45, 7) is 0. The molecule has 2 aliphatic heterocycles. The van der Waals surface area contributed by atoms with Crippen LogP contribution in [0.5, 0.6) is 0 Å². The van der Waals surface area contributed by atoms with Crippen LogP contribution in [0.2, 0.25) is 0 Å². The minimum absolute atomic E-state index is 0.0384. The number of fused-ring (bicyclic) bond motifs is 1. The Kier molecular flexibility index (Phi) is 7.88. The first kappa shape index (κ1) is 27.0. The van der Waals surface area contributed by atoms with Crippen LogP contribution in [0.15, 0.2) is 33.9 Å². The molecule has 19 heteroatoms. The molecule has 0 saturated carbocycles. The molecule has 0 bridgehead atoms. The third-order valence-corrected chi connectivity index (χ3v) is 9.61. The maximum atomic E-state index is 13.0. The molecule has 37 heavy (non-hydrogen) atoms. The summed E-state index contributed by atoms with van der Waals surface area (Å²) >= 11 is 3.11. The summed E-state index contributed by atoms with van der Waals surface area (Å²) in [7, 11) is -4.38. The van der Waals surface area contributed by atoms with Crippen LogP contribution in [0.1, 0.15) is 17.2 Å². The van der Waals surface area contributed by atoms with Gasteiger partial charge in [0.05, 0.1) is 5.75 Å². The van der Waals surface area contributed by atoms with Gasteiger partial charge in [-0.1, -0.05) is 17.8 Å². The number of β-lactam (4-membered cyclic amide) rings is 1. The number of tetrazole rings is 1. The number of aromatic amines is 1. The molecule has 0 aromatic carbocycles. The van der Waals surface area contributed by atoms with Crippen molar-refractivity contribution in [3.63, 3.8) is 0 Å². The molecule has 1 fully saturated rings. The van der Waals surface area contributed by atoms with E-state index in [1.165, 1.54) is 6.07 Å². The van der Waals surface area contributed by atoms with Crippen LogP contribution in [0, 0.1) is 0 Å². The number of hydrogen-bond donors (Lipinski definition) is 5. The first-order valence-corrected chi connectivity index (χ1v) is 14.7. The highest BCUT2D eigenvalue weighted by Gasteiger charge is 2.55. The van der Waals surface area contributed by atoms with Crippen molar-refractivity contribution in [2.24, 2.45) is 0 Å². The molecule has 198 valence electrons. The van der Waals surface area contributed by atoms with Crippen LogP contribution in [0.4, 0.5) is 0 Å². The number of thioether (sulfide) groups is 2. The molecule has 5 N–H and O–H groups in total. The fourth-order valence-corrected chi connectivity index (χ4v) is 7.87. The Morgan fingerprint density at radius 1 is 1.32 bits per heavy atom. The predicted molar refractivity (Wildman–Crippen MR) is 129 cm³/mol. The highest BCUT2D eigenvalue weighted by atomic mass is 32.2. The molecule has 4 rings (SSSR count). The van der Waals surface area contributed by atoms with Gasteiger partial charge in [0, 0.05) is 15.9 Å². The first-order valence-electron chi connectivity index (χ1n) is 10.3. The summed E-state index contributed by atoms with van der Waals surface area (Å²) in [6.07, 6.45) is -0.210. The fraction of sp³-hybridized carbons (Fsp3) is 0.389. The molecule has 3 unspecified atom stereocenters. The van der Waals surface area contributed by atoms with E-state index in [1.54, 1.807) is 11.4 Å². The van der Waals surface area contributed by atoms with Crippen molar-refractivity contribution >= 4 is 68.7 Å². The van der Waals surface area contributed by atoms with E-state index < -0.39 is 62.2 Å². The second-order valence-electron chi connectivity index (χ2n) is 7.74. The van der Waals surface area contributed by atoms with Crippen molar-refractivity contribution in [2.75, 3.05) is 11.5 Å². The number of H-pyrrole nitrogens is 1. The minimum Gasteiger partial charge on any atom is -0.480 e. The number of nitrogens with one attached hydrogen (secondary N) is 2. The van der Waals surface area contributed by atoms with Crippen LogP contribution in [-0.2, 0) is 29.3 Å². The van der Waals surface area contributed by atoms with Gasteiger partial charge < -0.3 is 15.5 Å². The van der Waals surface area contributed by atoms with Gasteiger partial charge in [0.2, 0.25) is 11.1 Å². The summed E-state index contributed by atoms with van der Waals surface area (Å²) in [5, 5.41) is 35.1. The summed E-state index contributed by atoms with van der Waals surface area (Å²) in [5.74, 6) is -6.68. The Bertz CT molecular complexity index is 1350. The number of carboxylic acid groups (broad SMARTS) is 2. The summed E-state index contributed by atoms with van der Waals surface area (Å²) in [5.41, 5.74) is -0.184. The molecule has 15 nitrogen and oxygen atoms in total. The smallest absolute Gasteiger partial charge is 0.352 e. The number of rotatable bonds is 11. The molecule has 1 saturated heterocycles. The molecule has 0 aliphatic carbocycles. The standard InChI is InChI=1S/C18H18N6O9S4/c25-13(10(16(27)28)9-2-1-4-34-9)19-11-14(26)24-12(17(29)30)7(6-35-15(11)24)8(3-5-37(31,32)33)36-18-20-22-23-21-18/h1-2,4,8,10-11,15H,3,5-6H2,(H,19,25)(H,27,28)(H,29,30)(H,31,32,33)(H,20,21,22,23)/t8?,10?,11?,15-/m0/s1. The lowest BCUT2D eigenvalue weighted by Crippen LogP contribution is -2.71. The Balaban J connectivity index is 1.58. The van der Waals surface area contributed by atoms with E-state index >= 15 is 0 Å². The van der Waals surface area contributed by atoms with Gasteiger partial charge in [-0.05, 0) is 28.7 Å². The largest absolute Gasteiger partial charge is 0.480 e. The van der Waals surface area contributed by atoms with E-state index in [9.17, 15) is 42.4 Å². The number of thiophene rings is 1. The zero-order chi connectivity index (χ0) is 26.9. The molecular weight excluding hydrogens is 572 g/mol. The zero-order valence-corrected chi connectivity index (χ0v) is 21.6. The van der Waals surface area contributed by atoms with E-state index in [0.717, 1.165) is 39.8 Å². The van der Waals surface area contributed by atoms with Gasteiger partial charge in [0.15, 0.2) is 5.92 Å². The molecule has 2 amide bonds. The van der Waals surface area contributed by atoms with Gasteiger partial charge in [-0.3, -0.25) is 23.8 Å². The van der Waals surface area contributed by atoms with E-state index in [4.69, 9.17) is 0 Å². The van der Waals surface area contributed by atoms with Crippen LogP contribution >= 0.6 is 34.9 Å². The third kappa shape index (κ3) is 5.79. The van der Waals surface area contributed by atoms with Crippen LogP contribution in [0.25, 0.3) is 0 Å². The van der Waals surface area contributed by atoms with Gasteiger partial charge in [-0.2, -0.15) is 13.6 Å². The quantitative estimate of drug-likeness (QED) is 0.0970. The number of carbonyl (C=O) groups is 4. The highest BCUT2D eigenvalue weighted by Crippen LogP contribution is 2.44. The van der Waals surface area contributed by atoms with E-state index in [2.05, 4.69) is 25.9 Å². The number of amides is 2. The second-order valence-corrected chi connectivity index (χ2v) is 12.6. The Morgan fingerprint density at radius 3 is 2.65 bits per heavy atom. The van der Waals surface area contributed by atoms with Crippen LogP contribution in [0.3, 0.4) is 0 Å². The van der Waals surface area contributed by atoms with E-state index in [-0.39, 0.29) is 33.5 Å². The Morgan fingerprint density at radius 2 is 2.08 bits per heavy atom. The van der Waals surface area contributed by atoms with Gasteiger partial charge in [0.25, 0.3) is 16.0 Å². The first-order chi connectivity index (χ1) is 17.5. The van der Waals surface area contributed by atoms with Crippen LogP contribution in [-0.4, -0.2) is 101 Å². The SMILES string of the molecule is O=C(O)C1=C(C(CCS(=O)(=O)O)Sc2nn[nH]n2)CS[C@H]2C(NC(=O)C(C(=O)O)c3cccs3)C(=O)N12. The zero-order valence-electron chi connectivity index (χ0n) is 18.4. The molecule has 2 aliphatic rings. The molecule has 0 radical (unpaired) electrons. The molecule has 4 heterocycles. The lowest BCUT2D eigenvalue weighted by atomic mass is 9.99. The lowest BCUT2D eigenvalue weighted by Gasteiger charge is -2.50. The normalized spacial score (nSPS) is 21.1. The van der Waals surface area contributed by atoms with Crippen molar-refractivity contribution in [3.05, 3.63) is 33.7 Å². The summed E-state index contributed by atoms with van der Waals surface area (Å²) in [4.78, 5) is 50.9. The van der Waals surface area contributed by atoms with Crippen molar-refractivity contribution in [1.29, 1.82) is 0 Å². The number of nitrogens with zero attached hydrogens (tertiary/aromatic N) is 4. The monoisotopic (exact) mass is 590 g/mol. The van der Waals surface area contributed by atoms with Crippen LogP contribution < -0.4 is 5.32 Å². The number of carboxylic acids is 2.